The molecule has 1 aromatic rings. The molecule has 0 radical (unpaired) electrons. The average Bonchev–Trinajstić information content (AvgIpc) is 2.75. The SMILES string of the molecule is Cc1noc(C2CC2)c1C(C)C. The highest BCUT2D eigenvalue weighted by molar-refractivity contribution is 5.30. The van der Waals surface area contributed by atoms with E-state index in [0.29, 0.717) is 11.8 Å². The summed E-state index contributed by atoms with van der Waals surface area (Å²) in [7, 11) is 0. The Bertz CT molecular complexity index is 284. The van der Waals surface area contributed by atoms with E-state index >= 15 is 0 Å². The third-order valence-electron chi connectivity index (χ3n) is 2.46. The Morgan fingerprint density at radius 2 is 2.08 bits per heavy atom. The van der Waals surface area contributed by atoms with Crippen LogP contribution in [0.4, 0.5) is 0 Å². The molecule has 0 spiro atoms. The second-order valence-corrected chi connectivity index (χ2v) is 3.97. The summed E-state index contributed by atoms with van der Waals surface area (Å²) in [6.07, 6.45) is 2.57. The van der Waals surface area contributed by atoms with E-state index in [9.17, 15) is 0 Å². The van der Waals surface area contributed by atoms with E-state index < -0.39 is 0 Å². The van der Waals surface area contributed by atoms with Gasteiger partial charge in [-0.1, -0.05) is 19.0 Å². The molecule has 1 aromatic heterocycles. The molecule has 0 atom stereocenters. The molecule has 0 saturated heterocycles. The van der Waals surface area contributed by atoms with Crippen LogP contribution < -0.4 is 0 Å². The van der Waals surface area contributed by atoms with E-state index in [1.165, 1.54) is 18.4 Å². The van der Waals surface area contributed by atoms with Crippen LogP contribution in [-0.2, 0) is 0 Å². The third-order valence-corrected chi connectivity index (χ3v) is 2.46. The van der Waals surface area contributed by atoms with Crippen molar-refractivity contribution in [2.75, 3.05) is 0 Å². The normalized spacial score (nSPS) is 17.3. The third kappa shape index (κ3) is 1.15. The maximum Gasteiger partial charge on any atom is 0.143 e. The number of rotatable bonds is 2. The van der Waals surface area contributed by atoms with Crippen molar-refractivity contribution in [2.45, 2.75) is 45.4 Å². The number of hydrogen-bond donors (Lipinski definition) is 0. The van der Waals surface area contributed by atoms with Crippen LogP contribution in [0.15, 0.2) is 4.52 Å². The second kappa shape index (κ2) is 2.61. The van der Waals surface area contributed by atoms with Gasteiger partial charge in [0, 0.05) is 11.5 Å². The monoisotopic (exact) mass is 165 g/mol. The van der Waals surface area contributed by atoms with Crippen molar-refractivity contribution < 1.29 is 4.52 Å². The Morgan fingerprint density at radius 3 is 2.58 bits per heavy atom. The van der Waals surface area contributed by atoms with Gasteiger partial charge in [-0.25, -0.2) is 0 Å². The van der Waals surface area contributed by atoms with Crippen LogP contribution >= 0.6 is 0 Å². The smallest absolute Gasteiger partial charge is 0.143 e. The van der Waals surface area contributed by atoms with Crippen molar-refractivity contribution in [1.29, 1.82) is 0 Å². The van der Waals surface area contributed by atoms with Gasteiger partial charge in [-0.05, 0) is 25.7 Å². The Morgan fingerprint density at radius 1 is 1.42 bits per heavy atom. The molecule has 0 unspecified atom stereocenters. The molecule has 0 bridgehead atoms. The first-order valence-electron chi connectivity index (χ1n) is 4.66. The predicted molar refractivity (Wildman–Crippen MR) is 47.3 cm³/mol. The van der Waals surface area contributed by atoms with Gasteiger partial charge in [0.2, 0.25) is 0 Å². The zero-order valence-corrected chi connectivity index (χ0v) is 7.92. The largest absolute Gasteiger partial charge is 0.361 e. The van der Waals surface area contributed by atoms with Gasteiger partial charge in [0.05, 0.1) is 5.69 Å². The van der Waals surface area contributed by atoms with Gasteiger partial charge >= 0.3 is 0 Å². The molecule has 0 aliphatic heterocycles. The zero-order chi connectivity index (χ0) is 8.72. The lowest BCUT2D eigenvalue weighted by atomic mass is 9.99. The summed E-state index contributed by atoms with van der Waals surface area (Å²) < 4.78 is 5.33. The molecule has 1 heterocycles. The van der Waals surface area contributed by atoms with Gasteiger partial charge in [0.25, 0.3) is 0 Å². The van der Waals surface area contributed by atoms with Crippen molar-refractivity contribution in [3.8, 4) is 0 Å². The Hall–Kier alpha value is -0.790. The van der Waals surface area contributed by atoms with Crippen molar-refractivity contribution in [3.63, 3.8) is 0 Å². The lowest BCUT2D eigenvalue weighted by Crippen LogP contribution is -1.92. The summed E-state index contributed by atoms with van der Waals surface area (Å²) in [5.74, 6) is 2.39. The lowest BCUT2D eigenvalue weighted by molar-refractivity contribution is 0.379. The van der Waals surface area contributed by atoms with Gasteiger partial charge in [0.15, 0.2) is 0 Å². The first-order valence-corrected chi connectivity index (χ1v) is 4.66. The first kappa shape index (κ1) is 7.84. The molecule has 1 fully saturated rings. The van der Waals surface area contributed by atoms with Crippen molar-refractivity contribution in [1.82, 2.24) is 5.16 Å². The van der Waals surface area contributed by atoms with Crippen LogP contribution in [0, 0.1) is 6.92 Å². The van der Waals surface area contributed by atoms with Gasteiger partial charge in [-0.15, -0.1) is 0 Å². The van der Waals surface area contributed by atoms with E-state index in [0.717, 1.165) is 11.5 Å². The summed E-state index contributed by atoms with van der Waals surface area (Å²) in [4.78, 5) is 0. The number of nitrogens with zero attached hydrogens (tertiary/aromatic N) is 1. The summed E-state index contributed by atoms with van der Waals surface area (Å²) >= 11 is 0. The summed E-state index contributed by atoms with van der Waals surface area (Å²) in [5.41, 5.74) is 2.42. The quantitative estimate of drug-likeness (QED) is 0.673. The molecule has 12 heavy (non-hydrogen) atoms. The molecular weight excluding hydrogens is 150 g/mol. The number of aromatic nitrogens is 1. The Kier molecular flexibility index (Phi) is 1.71. The highest BCUT2D eigenvalue weighted by Crippen LogP contribution is 2.44. The van der Waals surface area contributed by atoms with E-state index in [1.54, 1.807) is 0 Å². The van der Waals surface area contributed by atoms with E-state index in [-0.39, 0.29) is 0 Å². The maximum absolute atomic E-state index is 5.33. The van der Waals surface area contributed by atoms with Crippen molar-refractivity contribution in [2.24, 2.45) is 0 Å². The molecular formula is C10H15NO. The average molecular weight is 165 g/mol. The van der Waals surface area contributed by atoms with Crippen molar-refractivity contribution in [3.05, 3.63) is 17.0 Å². The first-order chi connectivity index (χ1) is 5.70. The standard InChI is InChI=1S/C10H15NO/c1-6(2)9-7(3)11-12-10(9)8-4-5-8/h6,8H,4-5H2,1-3H3. The molecule has 0 N–H and O–H groups in total. The van der Waals surface area contributed by atoms with Crippen LogP contribution in [0.5, 0.6) is 0 Å². The fourth-order valence-corrected chi connectivity index (χ4v) is 1.74. The molecule has 2 heteroatoms. The predicted octanol–water partition coefficient (Wildman–Crippen LogP) is 2.98. The molecule has 1 saturated carbocycles. The Balaban J connectivity index is 2.39. The maximum atomic E-state index is 5.33. The molecule has 66 valence electrons. The minimum absolute atomic E-state index is 0.548. The minimum Gasteiger partial charge on any atom is -0.361 e. The highest BCUT2D eigenvalue weighted by atomic mass is 16.5. The molecule has 2 nitrogen and oxygen atoms in total. The minimum atomic E-state index is 0.548. The van der Waals surface area contributed by atoms with Crippen LogP contribution in [0.2, 0.25) is 0 Å². The molecule has 2 rings (SSSR count). The van der Waals surface area contributed by atoms with Gasteiger partial charge < -0.3 is 4.52 Å². The van der Waals surface area contributed by atoms with Gasteiger partial charge in [-0.2, -0.15) is 0 Å². The van der Waals surface area contributed by atoms with Crippen LogP contribution in [0.1, 0.15) is 55.5 Å². The van der Waals surface area contributed by atoms with Crippen LogP contribution in [-0.4, -0.2) is 5.16 Å². The Labute approximate surface area is 72.9 Å². The molecule has 0 aromatic carbocycles. The van der Waals surface area contributed by atoms with Gasteiger partial charge in [-0.3, -0.25) is 0 Å². The van der Waals surface area contributed by atoms with Gasteiger partial charge in [0.1, 0.15) is 5.76 Å². The van der Waals surface area contributed by atoms with E-state index in [2.05, 4.69) is 19.0 Å². The summed E-state index contributed by atoms with van der Waals surface area (Å²) in [6, 6.07) is 0. The summed E-state index contributed by atoms with van der Waals surface area (Å²) in [5, 5.41) is 4.02. The second-order valence-electron chi connectivity index (χ2n) is 3.97. The topological polar surface area (TPSA) is 26.0 Å². The van der Waals surface area contributed by atoms with Crippen LogP contribution in [0.3, 0.4) is 0 Å². The zero-order valence-electron chi connectivity index (χ0n) is 7.92. The summed E-state index contributed by atoms with van der Waals surface area (Å²) in [6.45, 7) is 6.43. The van der Waals surface area contributed by atoms with Crippen LogP contribution in [0.25, 0.3) is 0 Å². The number of hydrogen-bond acceptors (Lipinski definition) is 2. The fraction of sp³-hybridized carbons (Fsp3) is 0.700. The molecule has 1 aliphatic rings. The highest BCUT2D eigenvalue weighted by Gasteiger charge is 2.32. The van der Waals surface area contributed by atoms with E-state index in [4.69, 9.17) is 4.52 Å². The number of aryl methyl sites for hydroxylation is 1. The van der Waals surface area contributed by atoms with Crippen molar-refractivity contribution >= 4 is 0 Å². The van der Waals surface area contributed by atoms with E-state index in [1.807, 2.05) is 6.92 Å². The lowest BCUT2D eigenvalue weighted by Gasteiger charge is -2.03. The fourth-order valence-electron chi connectivity index (χ4n) is 1.74. The molecule has 1 aliphatic carbocycles. The molecule has 0 amide bonds.